The number of carbonyl (C=O) groups is 1. The standard InChI is InChI=1S/C20H26N2O3S/c1-14(2)17-11-6-7-12-18(17)22-26(24,25)16-10-8-9-15(13-16)19(23)21-20(3,4)5/h6-14,22H,1-5H3,(H,21,23). The molecule has 2 rings (SSSR count). The zero-order valence-electron chi connectivity index (χ0n) is 15.8. The monoisotopic (exact) mass is 374 g/mol. The van der Waals surface area contributed by atoms with Crippen LogP contribution in [0.3, 0.4) is 0 Å². The Labute approximate surface area is 155 Å². The maximum absolute atomic E-state index is 12.8. The van der Waals surface area contributed by atoms with Gasteiger partial charge in [0.15, 0.2) is 0 Å². The van der Waals surface area contributed by atoms with E-state index in [0.29, 0.717) is 11.3 Å². The van der Waals surface area contributed by atoms with Crippen molar-refractivity contribution in [2.24, 2.45) is 0 Å². The number of rotatable bonds is 5. The van der Waals surface area contributed by atoms with Gasteiger partial charge in [-0.05, 0) is 56.5 Å². The lowest BCUT2D eigenvalue weighted by atomic mass is 10.0. The molecule has 0 fully saturated rings. The Kier molecular flexibility index (Phi) is 5.76. The molecule has 2 aromatic carbocycles. The minimum Gasteiger partial charge on any atom is -0.347 e. The van der Waals surface area contributed by atoms with Crippen LogP contribution in [0, 0.1) is 0 Å². The van der Waals surface area contributed by atoms with Gasteiger partial charge in [0.25, 0.3) is 15.9 Å². The third-order valence-corrected chi connectivity index (χ3v) is 5.09. The molecule has 0 heterocycles. The SMILES string of the molecule is CC(C)c1ccccc1NS(=O)(=O)c1cccc(C(=O)NC(C)(C)C)c1. The van der Waals surface area contributed by atoms with E-state index in [1.54, 1.807) is 24.3 Å². The third-order valence-electron chi connectivity index (χ3n) is 3.72. The maximum atomic E-state index is 12.8. The summed E-state index contributed by atoms with van der Waals surface area (Å²) in [6.45, 7) is 9.62. The molecule has 0 unspecified atom stereocenters. The first-order valence-corrected chi connectivity index (χ1v) is 10.0. The number of amides is 1. The van der Waals surface area contributed by atoms with Crippen LogP contribution < -0.4 is 10.0 Å². The fourth-order valence-corrected chi connectivity index (χ4v) is 3.65. The van der Waals surface area contributed by atoms with Crippen molar-refractivity contribution in [1.82, 2.24) is 5.32 Å². The van der Waals surface area contributed by atoms with E-state index in [0.717, 1.165) is 5.56 Å². The molecule has 0 radical (unpaired) electrons. The van der Waals surface area contributed by atoms with Crippen molar-refractivity contribution < 1.29 is 13.2 Å². The van der Waals surface area contributed by atoms with Crippen molar-refractivity contribution in [2.75, 3.05) is 4.72 Å². The molecule has 5 nitrogen and oxygen atoms in total. The molecule has 0 saturated heterocycles. The van der Waals surface area contributed by atoms with Crippen LogP contribution in [0.2, 0.25) is 0 Å². The predicted molar refractivity (Wildman–Crippen MR) is 105 cm³/mol. The van der Waals surface area contributed by atoms with Crippen molar-refractivity contribution in [2.45, 2.75) is 51.0 Å². The predicted octanol–water partition coefficient (Wildman–Crippen LogP) is 4.14. The first-order valence-electron chi connectivity index (χ1n) is 8.54. The maximum Gasteiger partial charge on any atom is 0.261 e. The van der Waals surface area contributed by atoms with E-state index in [2.05, 4.69) is 10.0 Å². The topological polar surface area (TPSA) is 75.3 Å². The summed E-state index contributed by atoms with van der Waals surface area (Å²) in [6.07, 6.45) is 0. The number of hydrogen-bond donors (Lipinski definition) is 2. The highest BCUT2D eigenvalue weighted by Crippen LogP contribution is 2.26. The molecule has 0 aliphatic heterocycles. The Morgan fingerprint density at radius 1 is 1.00 bits per heavy atom. The number of benzene rings is 2. The number of hydrogen-bond acceptors (Lipinski definition) is 3. The molecule has 6 heteroatoms. The first-order chi connectivity index (χ1) is 12.0. The average molecular weight is 375 g/mol. The van der Waals surface area contributed by atoms with Gasteiger partial charge >= 0.3 is 0 Å². The van der Waals surface area contributed by atoms with Crippen LogP contribution in [0.5, 0.6) is 0 Å². The molecule has 0 bridgehead atoms. The molecule has 140 valence electrons. The fourth-order valence-electron chi connectivity index (χ4n) is 2.51. The number of nitrogens with one attached hydrogen (secondary N) is 2. The number of sulfonamides is 1. The number of carbonyl (C=O) groups excluding carboxylic acids is 1. The summed E-state index contributed by atoms with van der Waals surface area (Å²) in [4.78, 5) is 12.4. The van der Waals surface area contributed by atoms with Crippen LogP contribution in [0.25, 0.3) is 0 Å². The van der Waals surface area contributed by atoms with Crippen LogP contribution in [0.4, 0.5) is 5.69 Å². The van der Waals surface area contributed by atoms with Gasteiger partial charge in [0.2, 0.25) is 0 Å². The lowest BCUT2D eigenvalue weighted by molar-refractivity contribution is 0.0919. The first kappa shape index (κ1) is 20.0. The van der Waals surface area contributed by atoms with E-state index in [4.69, 9.17) is 0 Å². The van der Waals surface area contributed by atoms with Gasteiger partial charge < -0.3 is 5.32 Å². The van der Waals surface area contributed by atoms with E-state index < -0.39 is 15.6 Å². The van der Waals surface area contributed by atoms with Crippen LogP contribution in [-0.2, 0) is 10.0 Å². The molecule has 0 aromatic heterocycles. The van der Waals surface area contributed by atoms with Crippen molar-refractivity contribution in [1.29, 1.82) is 0 Å². The quantitative estimate of drug-likeness (QED) is 0.826. The largest absolute Gasteiger partial charge is 0.347 e. The summed E-state index contributed by atoms with van der Waals surface area (Å²) >= 11 is 0. The van der Waals surface area contributed by atoms with Crippen molar-refractivity contribution in [3.63, 3.8) is 0 Å². The summed E-state index contributed by atoms with van der Waals surface area (Å²) in [7, 11) is -3.80. The molecule has 26 heavy (non-hydrogen) atoms. The molecular weight excluding hydrogens is 348 g/mol. The number of anilines is 1. The second-order valence-corrected chi connectivity index (χ2v) is 9.26. The van der Waals surface area contributed by atoms with Crippen LogP contribution in [0.15, 0.2) is 53.4 Å². The van der Waals surface area contributed by atoms with E-state index >= 15 is 0 Å². The van der Waals surface area contributed by atoms with E-state index in [1.807, 2.05) is 46.8 Å². The fraction of sp³-hybridized carbons (Fsp3) is 0.350. The third kappa shape index (κ3) is 5.08. The Balaban J connectivity index is 2.33. The molecule has 0 spiro atoms. The molecular formula is C20H26N2O3S. The summed E-state index contributed by atoms with van der Waals surface area (Å²) in [5.74, 6) is -0.130. The van der Waals surface area contributed by atoms with Gasteiger partial charge in [-0.2, -0.15) is 0 Å². The van der Waals surface area contributed by atoms with Gasteiger partial charge in [-0.1, -0.05) is 38.1 Å². The van der Waals surface area contributed by atoms with Crippen LogP contribution >= 0.6 is 0 Å². The normalized spacial score (nSPS) is 12.1. The number of para-hydroxylation sites is 1. The lowest BCUT2D eigenvalue weighted by Gasteiger charge is -2.20. The second-order valence-electron chi connectivity index (χ2n) is 7.58. The Hall–Kier alpha value is -2.34. The van der Waals surface area contributed by atoms with Crippen molar-refractivity contribution in [3.8, 4) is 0 Å². The molecule has 0 saturated carbocycles. The molecule has 0 aliphatic rings. The zero-order chi connectivity index (χ0) is 19.5. The highest BCUT2D eigenvalue weighted by Gasteiger charge is 2.20. The average Bonchev–Trinajstić information content (AvgIpc) is 2.53. The highest BCUT2D eigenvalue weighted by molar-refractivity contribution is 7.92. The molecule has 0 aliphatic carbocycles. The van der Waals surface area contributed by atoms with Crippen molar-refractivity contribution in [3.05, 3.63) is 59.7 Å². The van der Waals surface area contributed by atoms with Gasteiger partial charge in [0, 0.05) is 11.1 Å². The minimum atomic E-state index is -3.80. The van der Waals surface area contributed by atoms with E-state index in [-0.39, 0.29) is 16.7 Å². The van der Waals surface area contributed by atoms with Crippen LogP contribution in [0.1, 0.15) is 56.5 Å². The van der Waals surface area contributed by atoms with Crippen LogP contribution in [-0.4, -0.2) is 19.9 Å². The van der Waals surface area contributed by atoms with Crippen molar-refractivity contribution >= 4 is 21.6 Å². The summed E-state index contributed by atoms with van der Waals surface area (Å²) in [6, 6.07) is 13.3. The zero-order valence-corrected chi connectivity index (χ0v) is 16.6. The minimum absolute atomic E-state index is 0.0534. The smallest absolute Gasteiger partial charge is 0.261 e. The summed E-state index contributed by atoms with van der Waals surface area (Å²) in [5.41, 5.74) is 1.37. The summed E-state index contributed by atoms with van der Waals surface area (Å²) in [5, 5.41) is 2.83. The van der Waals surface area contributed by atoms with E-state index in [1.165, 1.54) is 12.1 Å². The van der Waals surface area contributed by atoms with Gasteiger partial charge in [-0.25, -0.2) is 8.42 Å². The Morgan fingerprint density at radius 2 is 1.65 bits per heavy atom. The van der Waals surface area contributed by atoms with Gasteiger partial charge in [-0.3, -0.25) is 9.52 Å². The summed E-state index contributed by atoms with van der Waals surface area (Å²) < 4.78 is 28.2. The van der Waals surface area contributed by atoms with E-state index in [9.17, 15) is 13.2 Å². The second kappa shape index (κ2) is 7.50. The molecule has 2 aromatic rings. The Morgan fingerprint density at radius 3 is 2.27 bits per heavy atom. The lowest BCUT2D eigenvalue weighted by Crippen LogP contribution is -2.40. The van der Waals surface area contributed by atoms with Gasteiger partial charge in [-0.15, -0.1) is 0 Å². The highest BCUT2D eigenvalue weighted by atomic mass is 32.2. The molecule has 0 atom stereocenters. The molecule has 2 N–H and O–H groups in total. The van der Waals surface area contributed by atoms with Gasteiger partial charge in [0.1, 0.15) is 0 Å². The molecule has 1 amide bonds. The Bertz CT molecular complexity index is 897. The van der Waals surface area contributed by atoms with Gasteiger partial charge in [0.05, 0.1) is 10.6 Å².